The molecule has 6 nitrogen and oxygen atoms in total. The number of amides is 1. The molecule has 0 radical (unpaired) electrons. The second-order valence-corrected chi connectivity index (χ2v) is 7.95. The van der Waals surface area contributed by atoms with E-state index in [0.29, 0.717) is 18.6 Å². The Morgan fingerprint density at radius 3 is 2.50 bits per heavy atom. The van der Waals surface area contributed by atoms with Gasteiger partial charge in [-0.1, -0.05) is 30.3 Å². The molecule has 0 unspecified atom stereocenters. The second kappa shape index (κ2) is 8.78. The van der Waals surface area contributed by atoms with Gasteiger partial charge < -0.3 is 15.4 Å². The minimum Gasteiger partial charge on any atom is -0.445 e. The van der Waals surface area contributed by atoms with Crippen LogP contribution in [0.15, 0.2) is 36.5 Å². The van der Waals surface area contributed by atoms with E-state index in [1.807, 2.05) is 36.5 Å². The van der Waals surface area contributed by atoms with Crippen LogP contribution in [0, 0.1) is 0 Å². The highest BCUT2D eigenvalue weighted by Crippen LogP contribution is 2.43. The lowest BCUT2D eigenvalue weighted by Crippen LogP contribution is -2.40. The van der Waals surface area contributed by atoms with Crippen LogP contribution in [-0.2, 0) is 11.3 Å². The van der Waals surface area contributed by atoms with Gasteiger partial charge in [-0.15, -0.1) is 0 Å². The molecule has 0 saturated heterocycles. The molecule has 148 valence electrons. The van der Waals surface area contributed by atoms with Crippen molar-refractivity contribution in [3.05, 3.63) is 52.9 Å². The van der Waals surface area contributed by atoms with Crippen molar-refractivity contribution in [2.45, 2.75) is 63.1 Å². The highest BCUT2D eigenvalue weighted by atomic mass is 35.5. The van der Waals surface area contributed by atoms with E-state index in [1.165, 1.54) is 18.4 Å². The van der Waals surface area contributed by atoms with Crippen LogP contribution in [0.5, 0.6) is 0 Å². The number of aromatic nitrogens is 2. The Bertz CT molecular complexity index is 805. The predicted octanol–water partition coefficient (Wildman–Crippen LogP) is 4.66. The Kier molecular flexibility index (Phi) is 5.95. The van der Waals surface area contributed by atoms with E-state index in [9.17, 15) is 4.79 Å². The largest absolute Gasteiger partial charge is 0.445 e. The van der Waals surface area contributed by atoms with E-state index in [2.05, 4.69) is 20.6 Å². The zero-order valence-electron chi connectivity index (χ0n) is 15.7. The standard InChI is InChI=1S/C21H25ClN4O2/c22-20-23-12-18(15-6-7-15)19(26-20)24-16-8-10-17(11-9-16)25-21(27)28-13-14-4-2-1-3-5-14/h1-5,12,15-17H,6-11,13H2,(H,25,27)(H,23,24,26)/t16-,17+. The molecule has 2 fully saturated rings. The summed E-state index contributed by atoms with van der Waals surface area (Å²) in [4.78, 5) is 20.6. The highest BCUT2D eigenvalue weighted by Gasteiger charge is 2.29. The van der Waals surface area contributed by atoms with Crippen LogP contribution in [0.4, 0.5) is 10.6 Å². The van der Waals surface area contributed by atoms with E-state index in [4.69, 9.17) is 16.3 Å². The van der Waals surface area contributed by atoms with Gasteiger partial charge in [-0.25, -0.2) is 14.8 Å². The number of carbonyl (C=O) groups excluding carboxylic acids is 1. The molecule has 2 saturated carbocycles. The number of hydrogen-bond donors (Lipinski definition) is 2. The van der Waals surface area contributed by atoms with Crippen LogP contribution in [0.2, 0.25) is 5.28 Å². The third kappa shape index (κ3) is 5.13. The van der Waals surface area contributed by atoms with Gasteiger partial charge in [-0.3, -0.25) is 0 Å². The van der Waals surface area contributed by atoms with E-state index in [-0.39, 0.29) is 17.4 Å². The lowest BCUT2D eigenvalue weighted by atomic mass is 9.91. The monoisotopic (exact) mass is 400 g/mol. The molecule has 0 spiro atoms. The molecule has 1 aromatic heterocycles. The lowest BCUT2D eigenvalue weighted by Gasteiger charge is -2.30. The van der Waals surface area contributed by atoms with E-state index >= 15 is 0 Å². The first-order valence-electron chi connectivity index (χ1n) is 9.93. The van der Waals surface area contributed by atoms with Gasteiger partial charge >= 0.3 is 6.09 Å². The van der Waals surface area contributed by atoms with Gasteiger partial charge in [0.1, 0.15) is 12.4 Å². The van der Waals surface area contributed by atoms with Gasteiger partial charge in [0.05, 0.1) is 0 Å². The van der Waals surface area contributed by atoms with Gasteiger partial charge in [0.25, 0.3) is 0 Å². The third-order valence-electron chi connectivity index (χ3n) is 5.41. The first-order valence-corrected chi connectivity index (χ1v) is 10.3. The van der Waals surface area contributed by atoms with Crippen molar-refractivity contribution >= 4 is 23.5 Å². The molecule has 1 heterocycles. The number of anilines is 1. The average molecular weight is 401 g/mol. The van der Waals surface area contributed by atoms with Crippen molar-refractivity contribution in [2.24, 2.45) is 0 Å². The topological polar surface area (TPSA) is 76.1 Å². The number of nitrogens with zero attached hydrogens (tertiary/aromatic N) is 2. The summed E-state index contributed by atoms with van der Waals surface area (Å²) in [5.74, 6) is 1.44. The van der Waals surface area contributed by atoms with Crippen LogP contribution < -0.4 is 10.6 Å². The maximum Gasteiger partial charge on any atom is 0.407 e. The molecule has 2 aromatic rings. The molecule has 0 aliphatic heterocycles. The summed E-state index contributed by atoms with van der Waals surface area (Å²) in [6.45, 7) is 0.294. The fourth-order valence-corrected chi connectivity index (χ4v) is 3.82. The third-order valence-corrected chi connectivity index (χ3v) is 5.59. The lowest BCUT2D eigenvalue weighted by molar-refractivity contribution is 0.132. The maximum atomic E-state index is 12.0. The maximum absolute atomic E-state index is 12.0. The summed E-state index contributed by atoms with van der Waals surface area (Å²) in [6.07, 6.45) is 7.66. The molecule has 7 heteroatoms. The quantitative estimate of drug-likeness (QED) is 0.690. The minimum atomic E-state index is -0.348. The van der Waals surface area contributed by atoms with Crippen molar-refractivity contribution in [3.8, 4) is 0 Å². The van der Waals surface area contributed by atoms with Crippen LogP contribution in [-0.4, -0.2) is 28.1 Å². The van der Waals surface area contributed by atoms with Gasteiger partial charge in [0.15, 0.2) is 0 Å². The number of rotatable bonds is 6. The zero-order valence-corrected chi connectivity index (χ0v) is 16.5. The Balaban J connectivity index is 1.23. The number of hydrogen-bond acceptors (Lipinski definition) is 5. The molecular formula is C21H25ClN4O2. The summed E-state index contributed by atoms with van der Waals surface area (Å²) in [5.41, 5.74) is 2.16. The molecule has 1 aromatic carbocycles. The van der Waals surface area contributed by atoms with Gasteiger partial charge in [-0.05, 0) is 61.6 Å². The number of carbonyl (C=O) groups is 1. The number of benzene rings is 1. The minimum absolute atomic E-state index is 0.151. The summed E-state index contributed by atoms with van der Waals surface area (Å²) in [6, 6.07) is 10.2. The average Bonchev–Trinajstić information content (AvgIpc) is 3.54. The Hall–Kier alpha value is -2.34. The molecule has 2 aliphatic rings. The summed E-state index contributed by atoms with van der Waals surface area (Å²) >= 11 is 5.99. The van der Waals surface area contributed by atoms with Crippen molar-refractivity contribution in [1.82, 2.24) is 15.3 Å². The van der Waals surface area contributed by atoms with Crippen LogP contribution >= 0.6 is 11.6 Å². The van der Waals surface area contributed by atoms with Gasteiger partial charge in [0.2, 0.25) is 5.28 Å². The van der Waals surface area contributed by atoms with Crippen molar-refractivity contribution in [3.63, 3.8) is 0 Å². The first kappa shape index (κ1) is 19.0. The number of halogens is 1. The Labute approximate surface area is 170 Å². The zero-order chi connectivity index (χ0) is 19.3. The molecule has 4 rings (SSSR count). The van der Waals surface area contributed by atoms with E-state index in [0.717, 1.165) is 37.1 Å². The molecule has 2 aliphatic carbocycles. The van der Waals surface area contributed by atoms with Crippen molar-refractivity contribution < 1.29 is 9.53 Å². The van der Waals surface area contributed by atoms with Crippen molar-refractivity contribution in [1.29, 1.82) is 0 Å². The van der Waals surface area contributed by atoms with E-state index in [1.54, 1.807) is 0 Å². The molecule has 0 bridgehead atoms. The summed E-state index contributed by atoms with van der Waals surface area (Å²) in [5, 5.41) is 6.82. The highest BCUT2D eigenvalue weighted by molar-refractivity contribution is 6.28. The molecular weight excluding hydrogens is 376 g/mol. The normalized spacial score (nSPS) is 21.8. The Morgan fingerprint density at radius 1 is 1.07 bits per heavy atom. The first-order chi connectivity index (χ1) is 13.7. The van der Waals surface area contributed by atoms with Crippen LogP contribution in [0.25, 0.3) is 0 Å². The summed E-state index contributed by atoms with van der Waals surface area (Å²) in [7, 11) is 0. The fourth-order valence-electron chi connectivity index (χ4n) is 3.69. The van der Waals surface area contributed by atoms with Crippen LogP contribution in [0.3, 0.4) is 0 Å². The number of alkyl carbamates (subject to hydrolysis) is 1. The van der Waals surface area contributed by atoms with Gasteiger partial charge in [-0.2, -0.15) is 0 Å². The molecule has 2 N–H and O–H groups in total. The SMILES string of the molecule is O=C(N[C@H]1CC[C@@H](Nc2nc(Cl)ncc2C2CC2)CC1)OCc1ccccc1. The van der Waals surface area contributed by atoms with Crippen molar-refractivity contribution in [2.75, 3.05) is 5.32 Å². The number of nitrogens with one attached hydrogen (secondary N) is 2. The predicted molar refractivity (Wildman–Crippen MR) is 108 cm³/mol. The fraction of sp³-hybridized carbons (Fsp3) is 0.476. The number of ether oxygens (including phenoxy) is 1. The van der Waals surface area contributed by atoms with E-state index < -0.39 is 0 Å². The second-order valence-electron chi connectivity index (χ2n) is 7.62. The Morgan fingerprint density at radius 2 is 1.79 bits per heavy atom. The molecule has 1 amide bonds. The smallest absolute Gasteiger partial charge is 0.407 e. The van der Waals surface area contributed by atoms with Crippen LogP contribution in [0.1, 0.15) is 55.6 Å². The van der Waals surface area contributed by atoms with Gasteiger partial charge in [0, 0.05) is 23.8 Å². The molecule has 0 atom stereocenters. The molecule has 28 heavy (non-hydrogen) atoms. The summed E-state index contributed by atoms with van der Waals surface area (Å²) < 4.78 is 5.32.